The molecule has 15 heavy (non-hydrogen) atoms. The van der Waals surface area contributed by atoms with Crippen LogP contribution in [0.3, 0.4) is 0 Å². The Morgan fingerprint density at radius 2 is 2.00 bits per heavy atom. The molecule has 1 N–H and O–H groups in total. The molecule has 1 aromatic heterocycles. The summed E-state index contributed by atoms with van der Waals surface area (Å²) in [6.45, 7) is 9.48. The number of aryl methyl sites for hydroxylation is 1. The maximum Gasteiger partial charge on any atom is 0.233 e. The maximum absolute atomic E-state index is 9.72. The van der Waals surface area contributed by atoms with Crippen molar-refractivity contribution in [1.29, 1.82) is 0 Å². The van der Waals surface area contributed by atoms with Crippen molar-refractivity contribution < 1.29 is 5.11 Å². The topological polar surface area (TPSA) is 38.0 Å². The average Bonchev–Trinajstić information content (AvgIpc) is 2.42. The minimum atomic E-state index is 0.224. The molecule has 0 bridgehead atoms. The zero-order chi connectivity index (χ0) is 11.4. The van der Waals surface area contributed by atoms with Gasteiger partial charge >= 0.3 is 0 Å². The summed E-state index contributed by atoms with van der Waals surface area (Å²) in [6, 6.07) is 0. The number of aromatic hydroxyl groups is 1. The fourth-order valence-corrected chi connectivity index (χ4v) is 1.89. The van der Waals surface area contributed by atoms with Gasteiger partial charge in [0.15, 0.2) is 0 Å². The highest BCUT2D eigenvalue weighted by Crippen LogP contribution is 2.23. The molecule has 0 atom stereocenters. The molecule has 3 nitrogen and oxygen atoms in total. The van der Waals surface area contributed by atoms with Crippen LogP contribution in [0.5, 0.6) is 5.88 Å². The van der Waals surface area contributed by atoms with Crippen molar-refractivity contribution in [1.82, 2.24) is 9.78 Å². The molecule has 0 radical (unpaired) electrons. The summed E-state index contributed by atoms with van der Waals surface area (Å²) >= 11 is 0. The first-order valence-corrected chi connectivity index (χ1v) is 5.87. The minimum absolute atomic E-state index is 0.224. The number of rotatable bonds is 5. The van der Waals surface area contributed by atoms with Crippen LogP contribution < -0.4 is 0 Å². The summed E-state index contributed by atoms with van der Waals surface area (Å²) < 4.78 is 1.97. The molecule has 0 aliphatic rings. The molecular formula is C12H22N2O. The van der Waals surface area contributed by atoms with E-state index in [1.54, 1.807) is 0 Å². The van der Waals surface area contributed by atoms with Crippen molar-refractivity contribution in [3.05, 3.63) is 11.3 Å². The molecule has 1 aromatic rings. The van der Waals surface area contributed by atoms with E-state index in [1.165, 1.54) is 5.69 Å². The molecule has 0 amide bonds. The van der Waals surface area contributed by atoms with Crippen molar-refractivity contribution >= 4 is 0 Å². The third kappa shape index (κ3) is 2.74. The second-order valence-corrected chi connectivity index (χ2v) is 4.42. The molecule has 0 aliphatic carbocycles. The Labute approximate surface area is 92.1 Å². The zero-order valence-corrected chi connectivity index (χ0v) is 10.2. The van der Waals surface area contributed by atoms with E-state index in [0.717, 1.165) is 31.4 Å². The van der Waals surface area contributed by atoms with E-state index in [1.807, 2.05) is 4.68 Å². The van der Waals surface area contributed by atoms with Crippen molar-refractivity contribution in [2.45, 2.75) is 53.5 Å². The lowest BCUT2D eigenvalue weighted by Gasteiger charge is -2.09. The minimum Gasteiger partial charge on any atom is -0.492 e. The number of hydrogen-bond donors (Lipinski definition) is 1. The van der Waals surface area contributed by atoms with Gasteiger partial charge in [0.25, 0.3) is 0 Å². The lowest BCUT2D eigenvalue weighted by molar-refractivity contribution is 0.431. The summed E-state index contributed by atoms with van der Waals surface area (Å²) in [4.78, 5) is 0. The van der Waals surface area contributed by atoms with Crippen LogP contribution in [0, 0.1) is 5.92 Å². The van der Waals surface area contributed by atoms with Gasteiger partial charge in [-0.15, -0.1) is 5.10 Å². The standard InChI is InChI=1S/C12H22N2O/c1-5-7-14-11(8-9(3)4)10(6-2)12(15)13-14/h9H,5-8H2,1-4H3,(H,13,15). The van der Waals surface area contributed by atoms with E-state index in [4.69, 9.17) is 0 Å². The highest BCUT2D eigenvalue weighted by molar-refractivity contribution is 5.30. The van der Waals surface area contributed by atoms with Crippen LogP contribution in [0.4, 0.5) is 0 Å². The summed E-state index contributed by atoms with van der Waals surface area (Å²) in [5.41, 5.74) is 2.24. The first-order chi connectivity index (χ1) is 7.10. The zero-order valence-electron chi connectivity index (χ0n) is 10.2. The van der Waals surface area contributed by atoms with Crippen LogP contribution in [0.25, 0.3) is 0 Å². The number of nitrogens with zero attached hydrogens (tertiary/aromatic N) is 2. The first kappa shape index (κ1) is 12.1. The van der Waals surface area contributed by atoms with Crippen LogP contribution in [0.1, 0.15) is 45.4 Å². The highest BCUT2D eigenvalue weighted by atomic mass is 16.3. The van der Waals surface area contributed by atoms with Crippen LogP contribution >= 0.6 is 0 Å². The molecule has 0 unspecified atom stereocenters. The lowest BCUT2D eigenvalue weighted by atomic mass is 10.0. The molecule has 0 aromatic carbocycles. The van der Waals surface area contributed by atoms with E-state index in [2.05, 4.69) is 32.8 Å². The monoisotopic (exact) mass is 210 g/mol. The molecule has 1 rings (SSSR count). The highest BCUT2D eigenvalue weighted by Gasteiger charge is 2.15. The number of aromatic nitrogens is 2. The van der Waals surface area contributed by atoms with Crippen molar-refractivity contribution in [3.63, 3.8) is 0 Å². The first-order valence-electron chi connectivity index (χ1n) is 5.87. The van der Waals surface area contributed by atoms with E-state index < -0.39 is 0 Å². The van der Waals surface area contributed by atoms with Crippen LogP contribution in [-0.2, 0) is 19.4 Å². The smallest absolute Gasteiger partial charge is 0.233 e. The Bertz CT molecular complexity index is 316. The van der Waals surface area contributed by atoms with Gasteiger partial charge in [0.2, 0.25) is 5.88 Å². The van der Waals surface area contributed by atoms with Crippen molar-refractivity contribution in [2.75, 3.05) is 0 Å². The van der Waals surface area contributed by atoms with Gasteiger partial charge in [0.05, 0.1) is 0 Å². The molecule has 3 heteroatoms. The second-order valence-electron chi connectivity index (χ2n) is 4.42. The van der Waals surface area contributed by atoms with Gasteiger partial charge in [-0.3, -0.25) is 4.68 Å². The molecule has 0 aliphatic heterocycles. The Kier molecular flexibility index (Phi) is 4.18. The van der Waals surface area contributed by atoms with E-state index >= 15 is 0 Å². The van der Waals surface area contributed by atoms with Gasteiger partial charge in [0, 0.05) is 17.8 Å². The van der Waals surface area contributed by atoms with Crippen molar-refractivity contribution in [3.8, 4) is 5.88 Å². The van der Waals surface area contributed by atoms with Crippen LogP contribution in [0.15, 0.2) is 0 Å². The third-order valence-corrected chi connectivity index (χ3v) is 2.54. The molecule has 0 saturated heterocycles. The van der Waals surface area contributed by atoms with E-state index in [0.29, 0.717) is 5.92 Å². The van der Waals surface area contributed by atoms with E-state index in [-0.39, 0.29) is 5.88 Å². The van der Waals surface area contributed by atoms with Crippen LogP contribution in [-0.4, -0.2) is 14.9 Å². The molecule has 1 heterocycles. The average molecular weight is 210 g/mol. The third-order valence-electron chi connectivity index (χ3n) is 2.54. The summed E-state index contributed by atoms with van der Waals surface area (Å²) in [5.74, 6) is 0.823. The SMILES string of the molecule is CCCn1nc(O)c(CC)c1CC(C)C. The molecule has 86 valence electrons. The van der Waals surface area contributed by atoms with Gasteiger partial charge in [0.1, 0.15) is 0 Å². The fraction of sp³-hybridized carbons (Fsp3) is 0.750. The van der Waals surface area contributed by atoms with Gasteiger partial charge < -0.3 is 5.11 Å². The predicted octanol–water partition coefficient (Wildman–Crippen LogP) is 2.76. The maximum atomic E-state index is 9.72. The van der Waals surface area contributed by atoms with E-state index in [9.17, 15) is 5.11 Å². The molecule has 0 saturated carbocycles. The van der Waals surface area contributed by atoms with Crippen LogP contribution in [0.2, 0.25) is 0 Å². The number of hydrogen-bond acceptors (Lipinski definition) is 2. The normalized spacial score (nSPS) is 11.3. The largest absolute Gasteiger partial charge is 0.492 e. The van der Waals surface area contributed by atoms with Gasteiger partial charge in [-0.2, -0.15) is 0 Å². The Hall–Kier alpha value is -0.990. The Morgan fingerprint density at radius 1 is 1.33 bits per heavy atom. The Morgan fingerprint density at radius 3 is 2.47 bits per heavy atom. The quantitative estimate of drug-likeness (QED) is 0.811. The molecule has 0 fully saturated rings. The summed E-state index contributed by atoms with van der Waals surface area (Å²) in [5, 5.41) is 13.9. The van der Waals surface area contributed by atoms with Gasteiger partial charge in [-0.05, 0) is 25.2 Å². The predicted molar refractivity (Wildman–Crippen MR) is 62.1 cm³/mol. The lowest BCUT2D eigenvalue weighted by Crippen LogP contribution is -2.08. The van der Waals surface area contributed by atoms with Gasteiger partial charge in [-0.1, -0.05) is 27.7 Å². The fourth-order valence-electron chi connectivity index (χ4n) is 1.89. The summed E-state index contributed by atoms with van der Waals surface area (Å²) in [6.07, 6.45) is 2.91. The Balaban J connectivity index is 3.04. The second kappa shape index (κ2) is 5.19. The van der Waals surface area contributed by atoms with Crippen molar-refractivity contribution in [2.24, 2.45) is 5.92 Å². The summed E-state index contributed by atoms with van der Waals surface area (Å²) in [7, 11) is 0. The molecular weight excluding hydrogens is 188 g/mol. The molecule has 0 spiro atoms. The van der Waals surface area contributed by atoms with Gasteiger partial charge in [-0.25, -0.2) is 0 Å².